The first kappa shape index (κ1) is 21.1. The van der Waals surface area contributed by atoms with Crippen molar-refractivity contribution in [2.75, 3.05) is 32.7 Å². The standard InChI is InChI=1S/C14H16BrF4N3O.ClH/c15-10-7-9(1-2-11(10)16)13(23)21-8-12(14(17,18)19)22-5-3-20-4-6-22;/h1-2,7,12,20H,3-6,8H2,(H,21,23);1H. The van der Waals surface area contributed by atoms with E-state index in [1.54, 1.807) is 0 Å². The lowest BCUT2D eigenvalue weighted by molar-refractivity contribution is -0.183. The molecule has 0 bridgehead atoms. The molecule has 1 fully saturated rings. The first-order valence-electron chi connectivity index (χ1n) is 7.04. The summed E-state index contributed by atoms with van der Waals surface area (Å²) >= 11 is 2.94. The van der Waals surface area contributed by atoms with E-state index in [0.717, 1.165) is 6.07 Å². The summed E-state index contributed by atoms with van der Waals surface area (Å²) in [6.45, 7) is 0.943. The lowest BCUT2D eigenvalue weighted by Crippen LogP contribution is -2.57. The van der Waals surface area contributed by atoms with Gasteiger partial charge in [0.25, 0.3) is 5.91 Å². The highest BCUT2D eigenvalue weighted by atomic mass is 79.9. The van der Waals surface area contributed by atoms with Crippen molar-refractivity contribution >= 4 is 34.2 Å². The Labute approximate surface area is 151 Å². The van der Waals surface area contributed by atoms with Gasteiger partial charge in [0.05, 0.1) is 4.47 Å². The van der Waals surface area contributed by atoms with Crippen LogP contribution in [0.3, 0.4) is 0 Å². The molecule has 0 saturated carbocycles. The zero-order valence-corrected chi connectivity index (χ0v) is 14.9. The van der Waals surface area contributed by atoms with Gasteiger partial charge in [-0.25, -0.2) is 4.39 Å². The van der Waals surface area contributed by atoms with E-state index in [4.69, 9.17) is 0 Å². The van der Waals surface area contributed by atoms with Crippen LogP contribution >= 0.6 is 28.3 Å². The first-order chi connectivity index (χ1) is 10.8. The maximum absolute atomic E-state index is 13.2. The fraction of sp³-hybridized carbons (Fsp3) is 0.500. The molecule has 1 aliphatic heterocycles. The third kappa shape index (κ3) is 5.58. The summed E-state index contributed by atoms with van der Waals surface area (Å²) < 4.78 is 52.8. The van der Waals surface area contributed by atoms with E-state index in [2.05, 4.69) is 26.6 Å². The Hall–Kier alpha value is -0.900. The van der Waals surface area contributed by atoms with Crippen LogP contribution in [-0.2, 0) is 0 Å². The SMILES string of the molecule is Cl.O=C(NCC(N1CCNCC1)C(F)(F)F)c1ccc(F)c(Br)c1. The normalized spacial score (nSPS) is 17.0. The van der Waals surface area contributed by atoms with Gasteiger partial charge in [-0.2, -0.15) is 13.2 Å². The summed E-state index contributed by atoms with van der Waals surface area (Å²) in [6, 6.07) is 1.80. The number of hydrogen-bond acceptors (Lipinski definition) is 3. The van der Waals surface area contributed by atoms with Gasteiger partial charge in [-0.1, -0.05) is 0 Å². The molecule has 10 heteroatoms. The molecule has 0 aliphatic carbocycles. The number of nitrogens with zero attached hydrogens (tertiary/aromatic N) is 1. The molecular weight excluding hydrogens is 418 g/mol. The number of piperazine rings is 1. The molecule has 0 spiro atoms. The molecule has 24 heavy (non-hydrogen) atoms. The van der Waals surface area contributed by atoms with Crippen molar-refractivity contribution < 1.29 is 22.4 Å². The Bertz CT molecular complexity index is 567. The van der Waals surface area contributed by atoms with E-state index < -0.39 is 30.5 Å². The molecule has 0 aromatic heterocycles. The lowest BCUT2D eigenvalue weighted by Gasteiger charge is -2.35. The van der Waals surface area contributed by atoms with E-state index >= 15 is 0 Å². The van der Waals surface area contributed by atoms with Crippen molar-refractivity contribution in [3.63, 3.8) is 0 Å². The average Bonchev–Trinajstić information content (AvgIpc) is 2.49. The molecule has 2 rings (SSSR count). The van der Waals surface area contributed by atoms with Gasteiger partial charge < -0.3 is 10.6 Å². The second-order valence-electron chi connectivity index (χ2n) is 5.18. The van der Waals surface area contributed by atoms with Crippen LogP contribution in [0.5, 0.6) is 0 Å². The summed E-state index contributed by atoms with van der Waals surface area (Å²) in [7, 11) is 0. The van der Waals surface area contributed by atoms with Crippen LogP contribution in [0.4, 0.5) is 17.6 Å². The number of carbonyl (C=O) groups is 1. The van der Waals surface area contributed by atoms with E-state index in [0.29, 0.717) is 13.1 Å². The van der Waals surface area contributed by atoms with Crippen molar-refractivity contribution in [3.05, 3.63) is 34.1 Å². The van der Waals surface area contributed by atoms with Gasteiger partial charge in [-0.15, -0.1) is 12.4 Å². The fourth-order valence-corrected chi connectivity index (χ4v) is 2.75. The zero-order valence-electron chi connectivity index (χ0n) is 12.5. The number of halogens is 6. The third-order valence-electron chi connectivity index (χ3n) is 3.61. The third-order valence-corrected chi connectivity index (χ3v) is 4.22. The molecule has 4 nitrogen and oxygen atoms in total. The minimum Gasteiger partial charge on any atom is -0.350 e. The minimum absolute atomic E-state index is 0. The molecule has 0 radical (unpaired) electrons. The number of alkyl halides is 3. The number of nitrogens with one attached hydrogen (secondary N) is 2. The van der Waals surface area contributed by atoms with Crippen LogP contribution in [0, 0.1) is 5.82 Å². The number of carbonyl (C=O) groups excluding carboxylic acids is 1. The average molecular weight is 435 g/mol. The van der Waals surface area contributed by atoms with Crippen LogP contribution in [-0.4, -0.2) is 55.7 Å². The summed E-state index contributed by atoms with van der Waals surface area (Å²) in [5.41, 5.74) is 0.0968. The zero-order chi connectivity index (χ0) is 17.0. The topological polar surface area (TPSA) is 44.4 Å². The van der Waals surface area contributed by atoms with Gasteiger partial charge in [0.2, 0.25) is 0 Å². The molecule has 1 aliphatic rings. The Morgan fingerprint density at radius 1 is 1.33 bits per heavy atom. The minimum atomic E-state index is -4.44. The highest BCUT2D eigenvalue weighted by Gasteiger charge is 2.43. The Morgan fingerprint density at radius 3 is 2.50 bits per heavy atom. The van der Waals surface area contributed by atoms with Crippen LogP contribution in [0.1, 0.15) is 10.4 Å². The van der Waals surface area contributed by atoms with E-state index in [1.165, 1.54) is 17.0 Å². The van der Waals surface area contributed by atoms with Crippen molar-refractivity contribution in [3.8, 4) is 0 Å². The van der Waals surface area contributed by atoms with Crippen molar-refractivity contribution in [2.24, 2.45) is 0 Å². The lowest BCUT2D eigenvalue weighted by atomic mass is 10.1. The molecule has 1 saturated heterocycles. The van der Waals surface area contributed by atoms with Crippen molar-refractivity contribution in [1.82, 2.24) is 15.5 Å². The maximum Gasteiger partial charge on any atom is 0.405 e. The summed E-state index contributed by atoms with van der Waals surface area (Å²) in [5.74, 6) is -1.22. The predicted molar refractivity (Wildman–Crippen MR) is 88.0 cm³/mol. The molecular formula is C14H17BrClF4N3O. The molecule has 1 aromatic rings. The second-order valence-corrected chi connectivity index (χ2v) is 6.04. The van der Waals surface area contributed by atoms with Gasteiger partial charge in [0.15, 0.2) is 0 Å². The number of hydrogen-bond donors (Lipinski definition) is 2. The molecule has 1 heterocycles. The first-order valence-corrected chi connectivity index (χ1v) is 7.83. The van der Waals surface area contributed by atoms with Gasteiger partial charge in [-0.05, 0) is 34.1 Å². The van der Waals surface area contributed by atoms with Gasteiger partial charge >= 0.3 is 6.18 Å². The number of amides is 1. The molecule has 136 valence electrons. The van der Waals surface area contributed by atoms with Gasteiger partial charge in [0.1, 0.15) is 11.9 Å². The Kier molecular flexibility index (Phi) is 7.91. The quantitative estimate of drug-likeness (QED) is 0.716. The number of rotatable bonds is 4. The molecule has 1 unspecified atom stereocenters. The highest BCUT2D eigenvalue weighted by Crippen LogP contribution is 2.25. The van der Waals surface area contributed by atoms with Crippen molar-refractivity contribution in [2.45, 2.75) is 12.2 Å². The van der Waals surface area contributed by atoms with E-state index in [1.807, 2.05) is 0 Å². The predicted octanol–water partition coefficient (Wildman–Crippen LogP) is 2.58. The molecule has 1 aromatic carbocycles. The molecule has 1 amide bonds. The van der Waals surface area contributed by atoms with Crippen LogP contribution in [0.15, 0.2) is 22.7 Å². The van der Waals surface area contributed by atoms with Gasteiger partial charge in [0, 0.05) is 38.3 Å². The monoisotopic (exact) mass is 433 g/mol. The number of benzene rings is 1. The summed E-state index contributed by atoms with van der Waals surface area (Å²) in [6.07, 6.45) is -4.44. The highest BCUT2D eigenvalue weighted by molar-refractivity contribution is 9.10. The Balaban J connectivity index is 0.00000288. The van der Waals surface area contributed by atoms with Gasteiger partial charge in [-0.3, -0.25) is 9.69 Å². The van der Waals surface area contributed by atoms with E-state index in [-0.39, 0.29) is 35.5 Å². The van der Waals surface area contributed by atoms with Crippen LogP contribution in [0.25, 0.3) is 0 Å². The van der Waals surface area contributed by atoms with Crippen LogP contribution in [0.2, 0.25) is 0 Å². The largest absolute Gasteiger partial charge is 0.405 e. The van der Waals surface area contributed by atoms with Crippen molar-refractivity contribution in [1.29, 1.82) is 0 Å². The molecule has 2 N–H and O–H groups in total. The van der Waals surface area contributed by atoms with E-state index in [9.17, 15) is 22.4 Å². The summed E-state index contributed by atoms with van der Waals surface area (Å²) in [5, 5.41) is 5.27. The smallest absolute Gasteiger partial charge is 0.350 e. The summed E-state index contributed by atoms with van der Waals surface area (Å²) in [4.78, 5) is 13.3. The van der Waals surface area contributed by atoms with Crippen LogP contribution < -0.4 is 10.6 Å². The fourth-order valence-electron chi connectivity index (χ4n) is 2.37. The molecule has 1 atom stereocenters. The Morgan fingerprint density at radius 2 is 1.96 bits per heavy atom. The second kappa shape index (κ2) is 8.98. The maximum atomic E-state index is 13.2.